The molecule has 0 aliphatic carbocycles. The van der Waals surface area contributed by atoms with E-state index in [1.54, 1.807) is 5.32 Å². The highest BCUT2D eigenvalue weighted by molar-refractivity contribution is 6.24. The number of esters is 1. The van der Waals surface area contributed by atoms with Crippen molar-refractivity contribution in [3.63, 3.8) is 0 Å². The van der Waals surface area contributed by atoms with E-state index in [0.29, 0.717) is 4.90 Å². The molecule has 0 fully saturated rings. The van der Waals surface area contributed by atoms with E-state index in [0.717, 1.165) is 6.07 Å². The van der Waals surface area contributed by atoms with Crippen molar-refractivity contribution in [2.75, 3.05) is 13.2 Å². The van der Waals surface area contributed by atoms with E-state index in [-0.39, 0.29) is 5.56 Å². The number of imide groups is 2. The van der Waals surface area contributed by atoms with Gasteiger partial charge in [0.2, 0.25) is 0 Å². The highest BCUT2D eigenvalue weighted by Crippen LogP contribution is 2.30. The first kappa shape index (κ1) is 17.5. The second kappa shape index (κ2) is 6.74. The molecule has 0 unspecified atom stereocenters. The molecule has 12 nitrogen and oxygen atoms in total. The molecular weight excluding hydrogens is 340 g/mol. The largest absolute Gasteiger partial charge is 0.454 e. The smallest absolute Gasteiger partial charge is 0.326 e. The van der Waals surface area contributed by atoms with Gasteiger partial charge < -0.3 is 10.5 Å². The Morgan fingerprint density at radius 2 is 1.92 bits per heavy atom. The number of carbonyl (C=O) groups excluding carboxylic acids is 5. The van der Waals surface area contributed by atoms with Crippen LogP contribution < -0.4 is 11.1 Å². The number of ether oxygens (including phenoxy) is 1. The van der Waals surface area contributed by atoms with Crippen molar-refractivity contribution in [1.29, 1.82) is 0 Å². The fourth-order valence-electron chi connectivity index (χ4n) is 2.11. The Morgan fingerprint density at radius 3 is 2.52 bits per heavy atom. The minimum atomic E-state index is -1.14. The number of nitro benzene ring substituents is 1. The maximum absolute atomic E-state index is 12.2. The molecule has 25 heavy (non-hydrogen) atoms. The number of nitrogens with zero attached hydrogens (tertiary/aromatic N) is 2. The van der Waals surface area contributed by atoms with Crippen LogP contribution in [0.15, 0.2) is 18.2 Å². The Labute approximate surface area is 138 Å². The van der Waals surface area contributed by atoms with Crippen LogP contribution in [-0.4, -0.2) is 52.7 Å². The second-order valence-corrected chi connectivity index (χ2v) is 4.73. The normalized spacial score (nSPS) is 12.6. The molecule has 0 bridgehead atoms. The van der Waals surface area contributed by atoms with Gasteiger partial charge in [0.25, 0.3) is 23.4 Å². The Balaban J connectivity index is 2.08. The topological polar surface area (TPSA) is 179 Å². The number of hydrogen-bond donors (Lipinski definition) is 2. The fourth-order valence-corrected chi connectivity index (χ4v) is 2.11. The van der Waals surface area contributed by atoms with Crippen LogP contribution in [0, 0.1) is 10.1 Å². The summed E-state index contributed by atoms with van der Waals surface area (Å²) in [4.78, 5) is 68.1. The fraction of sp³-hybridized carbons (Fsp3) is 0.154. The van der Waals surface area contributed by atoms with E-state index in [4.69, 9.17) is 5.73 Å². The maximum atomic E-state index is 12.2. The van der Waals surface area contributed by atoms with Gasteiger partial charge in [0.05, 0.1) is 10.5 Å². The van der Waals surface area contributed by atoms with E-state index < -0.39 is 59.0 Å². The summed E-state index contributed by atoms with van der Waals surface area (Å²) in [6.07, 6.45) is 0. The molecule has 1 aromatic rings. The zero-order valence-electron chi connectivity index (χ0n) is 12.4. The van der Waals surface area contributed by atoms with Crippen LogP contribution in [-0.2, 0) is 14.3 Å². The first-order valence-corrected chi connectivity index (χ1v) is 6.61. The number of rotatable bonds is 5. The Kier molecular flexibility index (Phi) is 4.72. The molecule has 0 radical (unpaired) electrons. The molecule has 1 heterocycles. The van der Waals surface area contributed by atoms with E-state index in [1.165, 1.54) is 12.1 Å². The van der Waals surface area contributed by atoms with E-state index in [1.807, 2.05) is 0 Å². The minimum Gasteiger partial charge on any atom is -0.454 e. The molecule has 0 saturated heterocycles. The molecule has 0 atom stereocenters. The van der Waals surface area contributed by atoms with E-state index in [9.17, 15) is 34.1 Å². The van der Waals surface area contributed by atoms with Gasteiger partial charge in [-0.1, -0.05) is 6.07 Å². The number of urea groups is 1. The summed E-state index contributed by atoms with van der Waals surface area (Å²) in [6, 6.07) is 2.36. The SMILES string of the molecule is NC(=O)NC(=O)COC(=O)CN1C(=O)c2cccc([N+](=O)[O-])c2C1=O. The quantitative estimate of drug-likeness (QED) is 0.291. The average molecular weight is 350 g/mol. The van der Waals surface area contributed by atoms with Gasteiger partial charge in [-0.05, 0) is 6.07 Å². The molecule has 5 amide bonds. The van der Waals surface area contributed by atoms with Gasteiger partial charge >= 0.3 is 12.0 Å². The third-order valence-corrected chi connectivity index (χ3v) is 3.09. The summed E-state index contributed by atoms with van der Waals surface area (Å²) in [5.41, 5.74) is 3.50. The van der Waals surface area contributed by atoms with Crippen LogP contribution in [0.1, 0.15) is 20.7 Å². The van der Waals surface area contributed by atoms with Crippen molar-refractivity contribution < 1.29 is 33.6 Å². The van der Waals surface area contributed by atoms with Crippen LogP contribution in [0.3, 0.4) is 0 Å². The van der Waals surface area contributed by atoms with Crippen molar-refractivity contribution in [1.82, 2.24) is 10.2 Å². The van der Waals surface area contributed by atoms with Crippen molar-refractivity contribution >= 4 is 35.4 Å². The molecule has 2 rings (SSSR count). The first-order valence-electron chi connectivity index (χ1n) is 6.61. The zero-order chi connectivity index (χ0) is 18.7. The molecule has 3 N–H and O–H groups in total. The number of nitro groups is 1. The van der Waals surface area contributed by atoms with Crippen LogP contribution >= 0.6 is 0 Å². The second-order valence-electron chi connectivity index (χ2n) is 4.73. The highest BCUT2D eigenvalue weighted by atomic mass is 16.6. The number of primary amides is 1. The first-order chi connectivity index (χ1) is 11.7. The van der Waals surface area contributed by atoms with Crippen LogP contribution in [0.25, 0.3) is 0 Å². The lowest BCUT2D eigenvalue weighted by molar-refractivity contribution is -0.385. The van der Waals surface area contributed by atoms with E-state index >= 15 is 0 Å². The van der Waals surface area contributed by atoms with Crippen LogP contribution in [0.2, 0.25) is 0 Å². The van der Waals surface area contributed by atoms with Crippen LogP contribution in [0.5, 0.6) is 0 Å². The Morgan fingerprint density at radius 1 is 1.24 bits per heavy atom. The molecule has 1 aromatic carbocycles. The summed E-state index contributed by atoms with van der Waals surface area (Å²) < 4.78 is 4.50. The van der Waals surface area contributed by atoms with Crippen molar-refractivity contribution in [2.24, 2.45) is 5.73 Å². The van der Waals surface area contributed by atoms with E-state index in [2.05, 4.69) is 4.74 Å². The number of benzene rings is 1. The lowest BCUT2D eigenvalue weighted by atomic mass is 10.1. The number of carbonyl (C=O) groups is 5. The number of nitrogens with one attached hydrogen (secondary N) is 1. The number of amides is 5. The van der Waals surface area contributed by atoms with Gasteiger partial charge in [0, 0.05) is 6.07 Å². The standard InChI is InChI=1S/C13H10N4O8/c14-13(22)15-8(18)5-25-9(19)4-16-11(20)6-2-1-3-7(17(23)24)10(6)12(16)21/h1-3H,4-5H2,(H3,14,15,18,22). The lowest BCUT2D eigenvalue weighted by Crippen LogP contribution is -2.40. The minimum absolute atomic E-state index is 0.210. The third-order valence-electron chi connectivity index (χ3n) is 3.09. The van der Waals surface area contributed by atoms with Gasteiger partial charge in [-0.15, -0.1) is 0 Å². The zero-order valence-corrected chi connectivity index (χ0v) is 12.4. The van der Waals surface area contributed by atoms with Gasteiger partial charge in [-0.3, -0.25) is 39.5 Å². The van der Waals surface area contributed by atoms with Gasteiger partial charge in [0.15, 0.2) is 6.61 Å². The van der Waals surface area contributed by atoms with Crippen LogP contribution in [0.4, 0.5) is 10.5 Å². The summed E-state index contributed by atoms with van der Waals surface area (Å²) >= 11 is 0. The number of hydrogen-bond acceptors (Lipinski definition) is 8. The summed E-state index contributed by atoms with van der Waals surface area (Å²) in [5.74, 6) is -4.05. The van der Waals surface area contributed by atoms with Gasteiger partial charge in [-0.25, -0.2) is 4.79 Å². The Bertz CT molecular complexity index is 818. The lowest BCUT2D eigenvalue weighted by Gasteiger charge is -2.12. The number of fused-ring (bicyclic) bond motifs is 1. The predicted octanol–water partition coefficient (Wildman–Crippen LogP) is -1.07. The maximum Gasteiger partial charge on any atom is 0.326 e. The molecule has 130 valence electrons. The molecule has 1 aliphatic rings. The van der Waals surface area contributed by atoms with Crippen molar-refractivity contribution in [3.8, 4) is 0 Å². The van der Waals surface area contributed by atoms with Gasteiger partial charge in [0.1, 0.15) is 12.1 Å². The molecule has 0 saturated carbocycles. The molecule has 12 heteroatoms. The summed E-state index contributed by atoms with van der Waals surface area (Å²) in [6.45, 7) is -1.71. The monoisotopic (exact) mass is 350 g/mol. The Hall–Kier alpha value is -3.83. The predicted molar refractivity (Wildman–Crippen MR) is 77.1 cm³/mol. The highest BCUT2D eigenvalue weighted by Gasteiger charge is 2.41. The summed E-state index contributed by atoms with van der Waals surface area (Å²) in [5, 5.41) is 12.6. The molecular formula is C13H10N4O8. The molecule has 0 spiro atoms. The van der Waals surface area contributed by atoms with Gasteiger partial charge in [-0.2, -0.15) is 0 Å². The molecule has 0 aromatic heterocycles. The average Bonchev–Trinajstić information content (AvgIpc) is 2.77. The van der Waals surface area contributed by atoms with Crippen molar-refractivity contribution in [2.45, 2.75) is 0 Å². The molecule has 1 aliphatic heterocycles. The third kappa shape index (κ3) is 3.57. The summed E-state index contributed by atoms with van der Waals surface area (Å²) in [7, 11) is 0. The van der Waals surface area contributed by atoms with Crippen molar-refractivity contribution in [3.05, 3.63) is 39.4 Å². The number of nitrogens with two attached hydrogens (primary N) is 1.